The summed E-state index contributed by atoms with van der Waals surface area (Å²) in [5.74, 6) is -0.618. The predicted octanol–water partition coefficient (Wildman–Crippen LogP) is 5.38. The van der Waals surface area contributed by atoms with E-state index in [2.05, 4.69) is 38.1 Å². The number of carbonyl (C=O) groups excluding carboxylic acids is 1. The molecule has 140 valence electrons. The Kier molecular flexibility index (Phi) is 5.03. The maximum atomic E-state index is 13.1. The molecule has 0 atom stereocenters. The highest BCUT2D eigenvalue weighted by molar-refractivity contribution is 14.1. The molecule has 8 heteroatoms. The van der Waals surface area contributed by atoms with Gasteiger partial charge in [-0.05, 0) is 89.7 Å². The molecular formula is C20H13ClFIN4O. The molecule has 5 nitrogen and oxygen atoms in total. The second-order valence-electron chi connectivity index (χ2n) is 6.20. The molecule has 1 aromatic heterocycles. The molecule has 3 aromatic carbocycles. The molecular weight excluding hydrogens is 494 g/mol. The van der Waals surface area contributed by atoms with Crippen molar-refractivity contribution in [3.05, 3.63) is 80.1 Å². The van der Waals surface area contributed by atoms with Crippen molar-refractivity contribution in [2.24, 2.45) is 0 Å². The van der Waals surface area contributed by atoms with E-state index in [-0.39, 0.29) is 11.7 Å². The molecule has 4 rings (SSSR count). The van der Waals surface area contributed by atoms with Gasteiger partial charge in [-0.25, -0.2) is 4.39 Å². The Balaban J connectivity index is 1.68. The van der Waals surface area contributed by atoms with Crippen molar-refractivity contribution in [1.29, 1.82) is 0 Å². The molecule has 0 aliphatic heterocycles. The lowest BCUT2D eigenvalue weighted by Gasteiger charge is -2.09. The maximum absolute atomic E-state index is 13.1. The number of aromatic nitrogens is 3. The second kappa shape index (κ2) is 7.48. The highest BCUT2D eigenvalue weighted by Crippen LogP contribution is 2.25. The van der Waals surface area contributed by atoms with E-state index in [1.165, 1.54) is 16.9 Å². The first-order valence-electron chi connectivity index (χ1n) is 8.31. The van der Waals surface area contributed by atoms with Crippen LogP contribution < -0.4 is 5.32 Å². The van der Waals surface area contributed by atoms with Crippen LogP contribution in [0.15, 0.2) is 54.6 Å². The molecule has 0 saturated heterocycles. The van der Waals surface area contributed by atoms with Crippen LogP contribution in [-0.4, -0.2) is 20.9 Å². The van der Waals surface area contributed by atoms with Gasteiger partial charge in [0.2, 0.25) is 0 Å². The first-order chi connectivity index (χ1) is 13.4. The van der Waals surface area contributed by atoms with Gasteiger partial charge in [0.1, 0.15) is 16.9 Å². The molecule has 0 aliphatic rings. The number of rotatable bonds is 3. The van der Waals surface area contributed by atoms with E-state index >= 15 is 0 Å². The summed E-state index contributed by atoms with van der Waals surface area (Å²) in [6, 6.07) is 14.8. The summed E-state index contributed by atoms with van der Waals surface area (Å²) < 4.78 is 14.0. The van der Waals surface area contributed by atoms with Gasteiger partial charge in [-0.2, -0.15) is 4.80 Å². The SMILES string of the molecule is Cc1cc2nn(-c3ccc(F)cc3)nc2cc1NC(=O)c1cc(I)ccc1Cl. The fourth-order valence-corrected chi connectivity index (χ4v) is 3.45. The molecule has 1 N–H and O–H groups in total. The van der Waals surface area contributed by atoms with Gasteiger partial charge < -0.3 is 5.32 Å². The Morgan fingerprint density at radius 1 is 1.07 bits per heavy atom. The quantitative estimate of drug-likeness (QED) is 0.380. The van der Waals surface area contributed by atoms with Crippen LogP contribution in [0.3, 0.4) is 0 Å². The number of aryl methyl sites for hydroxylation is 1. The van der Waals surface area contributed by atoms with Crippen LogP contribution in [0.5, 0.6) is 0 Å². The van der Waals surface area contributed by atoms with E-state index in [4.69, 9.17) is 11.6 Å². The zero-order valence-corrected chi connectivity index (χ0v) is 17.5. The van der Waals surface area contributed by atoms with E-state index in [1.54, 1.807) is 30.3 Å². The summed E-state index contributed by atoms with van der Waals surface area (Å²) >= 11 is 8.29. The molecule has 1 heterocycles. The molecule has 0 spiro atoms. The Labute approximate surface area is 178 Å². The lowest BCUT2D eigenvalue weighted by atomic mass is 10.1. The molecule has 0 unspecified atom stereocenters. The molecule has 0 radical (unpaired) electrons. The topological polar surface area (TPSA) is 59.8 Å². The van der Waals surface area contributed by atoms with E-state index in [0.717, 1.165) is 9.13 Å². The van der Waals surface area contributed by atoms with Crippen LogP contribution >= 0.6 is 34.2 Å². The molecule has 0 aliphatic carbocycles. The number of amides is 1. The normalized spacial score (nSPS) is 11.0. The molecule has 0 saturated carbocycles. The number of halogens is 3. The maximum Gasteiger partial charge on any atom is 0.257 e. The molecule has 1 amide bonds. The van der Waals surface area contributed by atoms with Crippen molar-refractivity contribution in [3.63, 3.8) is 0 Å². The highest BCUT2D eigenvalue weighted by atomic mass is 127. The van der Waals surface area contributed by atoms with Crippen molar-refractivity contribution < 1.29 is 9.18 Å². The van der Waals surface area contributed by atoms with Crippen LogP contribution in [0, 0.1) is 16.3 Å². The summed E-state index contributed by atoms with van der Waals surface area (Å²) in [5.41, 5.74) is 3.80. The minimum absolute atomic E-state index is 0.295. The minimum atomic E-state index is -0.324. The minimum Gasteiger partial charge on any atom is -0.322 e. The van der Waals surface area contributed by atoms with Crippen LogP contribution in [0.25, 0.3) is 16.7 Å². The second-order valence-corrected chi connectivity index (χ2v) is 7.85. The Morgan fingerprint density at radius 2 is 1.75 bits per heavy atom. The number of benzene rings is 3. The number of nitrogens with one attached hydrogen (secondary N) is 1. The molecule has 0 fully saturated rings. The lowest BCUT2D eigenvalue weighted by Crippen LogP contribution is -2.13. The third-order valence-electron chi connectivity index (χ3n) is 4.21. The van der Waals surface area contributed by atoms with Gasteiger partial charge in [-0.15, -0.1) is 10.2 Å². The van der Waals surface area contributed by atoms with Crippen LogP contribution in [0.2, 0.25) is 5.02 Å². The Hall–Kier alpha value is -2.52. The van der Waals surface area contributed by atoms with Gasteiger partial charge in [0.25, 0.3) is 5.91 Å². The molecule has 4 aromatic rings. The van der Waals surface area contributed by atoms with Gasteiger partial charge in [0, 0.05) is 9.26 Å². The average molecular weight is 507 g/mol. The van der Waals surface area contributed by atoms with E-state index < -0.39 is 0 Å². The lowest BCUT2D eigenvalue weighted by molar-refractivity contribution is 0.102. The van der Waals surface area contributed by atoms with Crippen molar-refractivity contribution >= 4 is 56.8 Å². The number of fused-ring (bicyclic) bond motifs is 1. The van der Waals surface area contributed by atoms with E-state index in [1.807, 2.05) is 19.1 Å². The van der Waals surface area contributed by atoms with Gasteiger partial charge in [-0.3, -0.25) is 4.79 Å². The summed E-state index contributed by atoms with van der Waals surface area (Å²) in [5, 5.41) is 12.1. The Morgan fingerprint density at radius 3 is 2.46 bits per heavy atom. The first-order valence-corrected chi connectivity index (χ1v) is 9.76. The Bertz CT molecular complexity index is 1210. The van der Waals surface area contributed by atoms with Gasteiger partial charge in [-0.1, -0.05) is 11.6 Å². The number of nitrogens with zero attached hydrogens (tertiary/aromatic N) is 3. The number of hydrogen-bond acceptors (Lipinski definition) is 3. The zero-order chi connectivity index (χ0) is 19.8. The average Bonchev–Trinajstić information content (AvgIpc) is 3.07. The zero-order valence-electron chi connectivity index (χ0n) is 14.6. The van der Waals surface area contributed by atoms with Crippen molar-refractivity contribution in [3.8, 4) is 5.69 Å². The third-order valence-corrected chi connectivity index (χ3v) is 5.21. The van der Waals surface area contributed by atoms with Gasteiger partial charge in [0.15, 0.2) is 0 Å². The summed E-state index contributed by atoms with van der Waals surface area (Å²) in [7, 11) is 0. The summed E-state index contributed by atoms with van der Waals surface area (Å²) in [6.07, 6.45) is 0. The smallest absolute Gasteiger partial charge is 0.257 e. The van der Waals surface area contributed by atoms with Gasteiger partial charge >= 0.3 is 0 Å². The number of anilines is 1. The van der Waals surface area contributed by atoms with Crippen LogP contribution in [0.4, 0.5) is 10.1 Å². The fourth-order valence-electron chi connectivity index (χ4n) is 2.75. The monoisotopic (exact) mass is 506 g/mol. The predicted molar refractivity (Wildman–Crippen MR) is 116 cm³/mol. The molecule has 0 bridgehead atoms. The number of hydrogen-bond donors (Lipinski definition) is 1. The van der Waals surface area contributed by atoms with Gasteiger partial charge in [0.05, 0.1) is 16.3 Å². The highest BCUT2D eigenvalue weighted by Gasteiger charge is 2.14. The largest absolute Gasteiger partial charge is 0.322 e. The van der Waals surface area contributed by atoms with Crippen molar-refractivity contribution in [2.75, 3.05) is 5.32 Å². The fraction of sp³-hybridized carbons (Fsp3) is 0.0500. The van der Waals surface area contributed by atoms with Crippen LogP contribution in [0.1, 0.15) is 15.9 Å². The van der Waals surface area contributed by atoms with Crippen molar-refractivity contribution in [2.45, 2.75) is 6.92 Å². The molecule has 28 heavy (non-hydrogen) atoms. The summed E-state index contributed by atoms with van der Waals surface area (Å²) in [6.45, 7) is 1.88. The number of carbonyl (C=O) groups is 1. The first kappa shape index (κ1) is 18.8. The standard InChI is InChI=1S/C20H13ClFIN4O/c1-11-8-18-19(26-27(25-18)14-5-2-12(22)3-6-14)10-17(11)24-20(28)15-9-13(23)4-7-16(15)21/h2-10H,1H3,(H,24,28). The van der Waals surface area contributed by atoms with E-state index in [0.29, 0.717) is 33.0 Å². The van der Waals surface area contributed by atoms with Crippen LogP contribution in [-0.2, 0) is 0 Å². The third kappa shape index (κ3) is 3.72. The van der Waals surface area contributed by atoms with E-state index in [9.17, 15) is 9.18 Å². The summed E-state index contributed by atoms with van der Waals surface area (Å²) in [4.78, 5) is 14.1. The van der Waals surface area contributed by atoms with Crippen molar-refractivity contribution in [1.82, 2.24) is 15.0 Å².